The first-order valence-corrected chi connectivity index (χ1v) is 6.22. The molecule has 4 heteroatoms. The van der Waals surface area contributed by atoms with Gasteiger partial charge in [0.15, 0.2) is 0 Å². The minimum Gasteiger partial charge on any atom is -0.480 e. The first-order valence-electron chi connectivity index (χ1n) is 6.22. The fourth-order valence-corrected chi connectivity index (χ4v) is 2.30. The number of hydrogen-bond donors (Lipinski definition) is 1. The maximum absolute atomic E-state index is 13.3. The van der Waals surface area contributed by atoms with E-state index in [1.165, 1.54) is 12.1 Å². The van der Waals surface area contributed by atoms with Gasteiger partial charge in [-0.2, -0.15) is 0 Å². The molecule has 0 aromatic heterocycles. The first kappa shape index (κ1) is 14.5. The Hall–Kier alpha value is -1.58. The second-order valence-electron chi connectivity index (χ2n) is 4.55. The third kappa shape index (κ3) is 2.81. The van der Waals surface area contributed by atoms with Gasteiger partial charge in [-0.3, -0.25) is 0 Å². The van der Waals surface area contributed by atoms with Crippen LogP contribution >= 0.6 is 0 Å². The zero-order valence-electron chi connectivity index (χ0n) is 11.1. The molecule has 0 aliphatic carbocycles. The van der Waals surface area contributed by atoms with Gasteiger partial charge in [0.25, 0.3) is 0 Å². The number of nitrogens with zero attached hydrogens (tertiary/aromatic N) is 1. The van der Waals surface area contributed by atoms with Crippen LogP contribution in [0.2, 0.25) is 0 Å². The van der Waals surface area contributed by atoms with E-state index in [1.54, 1.807) is 24.0 Å². The molecule has 18 heavy (non-hydrogen) atoms. The van der Waals surface area contributed by atoms with Crippen LogP contribution in [0.4, 0.5) is 10.1 Å². The highest BCUT2D eigenvalue weighted by Gasteiger charge is 2.38. The van der Waals surface area contributed by atoms with Crippen molar-refractivity contribution in [1.82, 2.24) is 0 Å². The van der Waals surface area contributed by atoms with Gasteiger partial charge in [0.2, 0.25) is 0 Å². The number of aliphatic carboxylic acids is 1. The Morgan fingerprint density at radius 3 is 2.56 bits per heavy atom. The quantitative estimate of drug-likeness (QED) is 0.845. The van der Waals surface area contributed by atoms with E-state index in [4.69, 9.17) is 0 Å². The summed E-state index contributed by atoms with van der Waals surface area (Å²) in [7, 11) is 0. The number of rotatable bonds is 6. The molecule has 0 saturated carbocycles. The van der Waals surface area contributed by atoms with Crippen molar-refractivity contribution < 1.29 is 14.3 Å². The van der Waals surface area contributed by atoms with E-state index >= 15 is 0 Å². The zero-order chi connectivity index (χ0) is 13.8. The Kier molecular flexibility index (Phi) is 4.70. The van der Waals surface area contributed by atoms with E-state index in [0.717, 1.165) is 6.42 Å². The largest absolute Gasteiger partial charge is 0.480 e. The third-order valence-electron chi connectivity index (χ3n) is 3.23. The lowest BCUT2D eigenvalue weighted by atomic mass is 9.93. The molecule has 0 heterocycles. The molecule has 1 atom stereocenters. The number of benzene rings is 1. The standard InChI is InChI=1S/C14H20FNO2/c1-4-9-14(3,13(17)18)16(5-2)12-8-6-7-11(15)10-12/h6-8,10H,4-5,9H2,1-3H3,(H,17,18). The van der Waals surface area contributed by atoms with Gasteiger partial charge in [0.1, 0.15) is 11.4 Å². The SMILES string of the molecule is CCCC(C)(C(=O)O)N(CC)c1cccc(F)c1. The number of likely N-dealkylation sites (N-methyl/N-ethyl adjacent to an activating group) is 1. The van der Waals surface area contributed by atoms with E-state index in [9.17, 15) is 14.3 Å². The smallest absolute Gasteiger partial charge is 0.329 e. The lowest BCUT2D eigenvalue weighted by Crippen LogP contribution is -2.52. The van der Waals surface area contributed by atoms with Crippen molar-refractivity contribution >= 4 is 11.7 Å². The normalized spacial score (nSPS) is 14.0. The zero-order valence-corrected chi connectivity index (χ0v) is 11.1. The van der Waals surface area contributed by atoms with Crippen molar-refractivity contribution in [2.45, 2.75) is 39.2 Å². The van der Waals surface area contributed by atoms with Gasteiger partial charge in [-0.25, -0.2) is 9.18 Å². The summed E-state index contributed by atoms with van der Waals surface area (Å²) in [5, 5.41) is 9.46. The summed E-state index contributed by atoms with van der Waals surface area (Å²) in [5.41, 5.74) is -0.395. The summed E-state index contributed by atoms with van der Waals surface area (Å²) in [4.78, 5) is 13.3. The maximum atomic E-state index is 13.3. The summed E-state index contributed by atoms with van der Waals surface area (Å²) in [6.45, 7) is 6.03. The van der Waals surface area contributed by atoms with Crippen molar-refractivity contribution in [3.8, 4) is 0 Å². The molecule has 1 unspecified atom stereocenters. The summed E-state index contributed by atoms with van der Waals surface area (Å²) in [6, 6.07) is 6.07. The molecule has 0 fully saturated rings. The predicted molar refractivity (Wildman–Crippen MR) is 70.4 cm³/mol. The van der Waals surface area contributed by atoms with Crippen LogP contribution < -0.4 is 4.90 Å². The Balaban J connectivity index is 3.18. The third-order valence-corrected chi connectivity index (χ3v) is 3.23. The van der Waals surface area contributed by atoms with Crippen LogP contribution in [0.3, 0.4) is 0 Å². The highest BCUT2D eigenvalue weighted by atomic mass is 19.1. The van der Waals surface area contributed by atoms with Gasteiger partial charge < -0.3 is 10.0 Å². The molecule has 100 valence electrons. The Bertz CT molecular complexity index is 422. The number of anilines is 1. The average Bonchev–Trinajstić information content (AvgIpc) is 2.30. The second-order valence-corrected chi connectivity index (χ2v) is 4.55. The summed E-state index contributed by atoms with van der Waals surface area (Å²) < 4.78 is 13.3. The molecule has 0 radical (unpaired) electrons. The summed E-state index contributed by atoms with van der Waals surface area (Å²) >= 11 is 0. The van der Waals surface area contributed by atoms with Crippen molar-refractivity contribution in [3.05, 3.63) is 30.1 Å². The minimum absolute atomic E-state index is 0.352. The minimum atomic E-state index is -1.00. The van der Waals surface area contributed by atoms with Gasteiger partial charge in [-0.05, 0) is 38.5 Å². The van der Waals surface area contributed by atoms with Gasteiger partial charge >= 0.3 is 5.97 Å². The van der Waals surface area contributed by atoms with Gasteiger partial charge in [0, 0.05) is 12.2 Å². The second kappa shape index (κ2) is 5.85. The molecule has 0 aliphatic heterocycles. The predicted octanol–water partition coefficient (Wildman–Crippen LogP) is 3.30. The van der Waals surface area contributed by atoms with Crippen molar-refractivity contribution in [2.75, 3.05) is 11.4 Å². The maximum Gasteiger partial charge on any atom is 0.329 e. The molecule has 0 aliphatic rings. The number of carboxylic acid groups (broad SMARTS) is 1. The molecule has 1 aromatic rings. The lowest BCUT2D eigenvalue weighted by molar-refractivity contribution is -0.143. The van der Waals surface area contributed by atoms with E-state index in [-0.39, 0.29) is 5.82 Å². The molecular weight excluding hydrogens is 233 g/mol. The van der Waals surface area contributed by atoms with Gasteiger partial charge in [-0.1, -0.05) is 19.4 Å². The van der Waals surface area contributed by atoms with E-state index < -0.39 is 11.5 Å². The van der Waals surface area contributed by atoms with E-state index in [2.05, 4.69) is 0 Å². The van der Waals surface area contributed by atoms with Crippen molar-refractivity contribution in [3.63, 3.8) is 0 Å². The van der Waals surface area contributed by atoms with Crippen LogP contribution in [0.1, 0.15) is 33.6 Å². The van der Waals surface area contributed by atoms with Crippen LogP contribution in [0.25, 0.3) is 0 Å². The van der Waals surface area contributed by atoms with E-state index in [0.29, 0.717) is 18.7 Å². The molecule has 0 spiro atoms. The molecule has 0 amide bonds. The molecule has 1 aromatic carbocycles. The van der Waals surface area contributed by atoms with E-state index in [1.807, 2.05) is 13.8 Å². The fourth-order valence-electron chi connectivity index (χ4n) is 2.30. The number of carbonyl (C=O) groups is 1. The Morgan fingerprint density at radius 2 is 2.11 bits per heavy atom. The summed E-state index contributed by atoms with van der Waals surface area (Å²) in [5.74, 6) is -1.23. The molecule has 3 nitrogen and oxygen atoms in total. The van der Waals surface area contributed by atoms with Crippen LogP contribution in [-0.4, -0.2) is 23.2 Å². The molecular formula is C14H20FNO2. The van der Waals surface area contributed by atoms with Crippen LogP contribution in [0, 0.1) is 5.82 Å². The van der Waals surface area contributed by atoms with Gasteiger partial charge in [0.05, 0.1) is 0 Å². The average molecular weight is 253 g/mol. The highest BCUT2D eigenvalue weighted by molar-refractivity contribution is 5.83. The molecule has 0 bridgehead atoms. The lowest BCUT2D eigenvalue weighted by Gasteiger charge is -2.39. The first-order chi connectivity index (χ1) is 8.45. The Morgan fingerprint density at radius 1 is 1.44 bits per heavy atom. The monoisotopic (exact) mass is 253 g/mol. The van der Waals surface area contributed by atoms with Gasteiger partial charge in [-0.15, -0.1) is 0 Å². The molecule has 1 rings (SSSR count). The van der Waals surface area contributed by atoms with Crippen LogP contribution in [-0.2, 0) is 4.79 Å². The Labute approximate surface area is 107 Å². The van der Waals surface area contributed by atoms with Crippen LogP contribution in [0.5, 0.6) is 0 Å². The molecule has 1 N–H and O–H groups in total. The highest BCUT2D eigenvalue weighted by Crippen LogP contribution is 2.28. The number of hydrogen-bond acceptors (Lipinski definition) is 2. The van der Waals surface area contributed by atoms with Crippen molar-refractivity contribution in [1.29, 1.82) is 0 Å². The molecule has 0 saturated heterocycles. The number of carboxylic acids is 1. The van der Waals surface area contributed by atoms with Crippen LogP contribution in [0.15, 0.2) is 24.3 Å². The summed E-state index contributed by atoms with van der Waals surface area (Å²) in [6.07, 6.45) is 1.28. The topological polar surface area (TPSA) is 40.5 Å². The van der Waals surface area contributed by atoms with Crippen molar-refractivity contribution in [2.24, 2.45) is 0 Å². The fraction of sp³-hybridized carbons (Fsp3) is 0.500. The number of halogens is 1.